The number of aromatic nitrogens is 3. The Balaban J connectivity index is 1.57. The van der Waals surface area contributed by atoms with Gasteiger partial charge in [0.15, 0.2) is 0 Å². The standard InChI is InChI=1S/C15H18FN5O/c1-19-9-14(17-18-19)10-20-5-6-21(15(22)11-20)8-12-3-2-4-13(16)7-12/h2-4,7,9H,5-6,8,10-11H2,1H3. The van der Waals surface area contributed by atoms with Gasteiger partial charge in [0, 0.05) is 39.4 Å². The number of aryl methyl sites for hydroxylation is 1. The maximum atomic E-state index is 13.2. The lowest BCUT2D eigenvalue weighted by Crippen LogP contribution is -2.49. The Morgan fingerprint density at radius 1 is 1.27 bits per heavy atom. The van der Waals surface area contributed by atoms with Crippen LogP contribution in [-0.2, 0) is 24.9 Å². The number of carbonyl (C=O) groups is 1. The number of nitrogens with zero attached hydrogens (tertiary/aromatic N) is 5. The zero-order valence-corrected chi connectivity index (χ0v) is 12.4. The highest BCUT2D eigenvalue weighted by molar-refractivity contribution is 5.79. The predicted octanol–water partition coefficient (Wildman–Crippen LogP) is 0.799. The van der Waals surface area contributed by atoms with E-state index >= 15 is 0 Å². The molecular weight excluding hydrogens is 285 g/mol. The van der Waals surface area contributed by atoms with Crippen molar-refractivity contribution < 1.29 is 9.18 Å². The van der Waals surface area contributed by atoms with E-state index in [0.29, 0.717) is 26.2 Å². The van der Waals surface area contributed by atoms with Gasteiger partial charge in [-0.05, 0) is 17.7 Å². The van der Waals surface area contributed by atoms with E-state index in [1.54, 1.807) is 15.6 Å². The lowest BCUT2D eigenvalue weighted by Gasteiger charge is -2.33. The van der Waals surface area contributed by atoms with Gasteiger partial charge in [-0.2, -0.15) is 0 Å². The molecule has 0 unspecified atom stereocenters. The van der Waals surface area contributed by atoms with Crippen molar-refractivity contribution >= 4 is 5.91 Å². The van der Waals surface area contributed by atoms with Crippen LogP contribution in [0.1, 0.15) is 11.3 Å². The smallest absolute Gasteiger partial charge is 0.237 e. The van der Waals surface area contributed by atoms with Crippen molar-refractivity contribution in [3.8, 4) is 0 Å². The Morgan fingerprint density at radius 2 is 2.14 bits per heavy atom. The van der Waals surface area contributed by atoms with E-state index in [2.05, 4.69) is 15.2 Å². The average molecular weight is 303 g/mol. The molecule has 0 bridgehead atoms. The molecular formula is C15H18FN5O. The van der Waals surface area contributed by atoms with E-state index in [4.69, 9.17) is 0 Å². The zero-order valence-electron chi connectivity index (χ0n) is 12.4. The van der Waals surface area contributed by atoms with Gasteiger partial charge in [-0.25, -0.2) is 4.39 Å². The van der Waals surface area contributed by atoms with Crippen LogP contribution in [0.15, 0.2) is 30.5 Å². The lowest BCUT2D eigenvalue weighted by molar-refractivity contribution is -0.136. The van der Waals surface area contributed by atoms with Gasteiger partial charge in [-0.15, -0.1) is 5.10 Å². The molecule has 1 aliphatic rings. The van der Waals surface area contributed by atoms with Gasteiger partial charge in [0.05, 0.1) is 12.2 Å². The number of hydrogen-bond acceptors (Lipinski definition) is 4. The number of amides is 1. The van der Waals surface area contributed by atoms with Crippen molar-refractivity contribution in [1.29, 1.82) is 0 Å². The summed E-state index contributed by atoms with van der Waals surface area (Å²) in [5, 5.41) is 7.93. The van der Waals surface area contributed by atoms with Gasteiger partial charge < -0.3 is 4.90 Å². The van der Waals surface area contributed by atoms with Crippen LogP contribution in [0.5, 0.6) is 0 Å². The normalized spacial score (nSPS) is 16.3. The minimum atomic E-state index is -0.272. The van der Waals surface area contributed by atoms with Crippen LogP contribution >= 0.6 is 0 Å². The molecule has 0 N–H and O–H groups in total. The fraction of sp³-hybridized carbons (Fsp3) is 0.400. The molecule has 7 heteroatoms. The van der Waals surface area contributed by atoms with Gasteiger partial charge in [-0.3, -0.25) is 14.4 Å². The second-order valence-electron chi connectivity index (χ2n) is 5.54. The Hall–Kier alpha value is -2.28. The van der Waals surface area contributed by atoms with Gasteiger partial charge >= 0.3 is 0 Å². The summed E-state index contributed by atoms with van der Waals surface area (Å²) in [7, 11) is 1.82. The van der Waals surface area contributed by atoms with Crippen LogP contribution in [0.4, 0.5) is 4.39 Å². The molecule has 0 aliphatic carbocycles. The topological polar surface area (TPSA) is 54.3 Å². The van der Waals surface area contributed by atoms with Crippen molar-refractivity contribution in [3.63, 3.8) is 0 Å². The summed E-state index contributed by atoms with van der Waals surface area (Å²) >= 11 is 0. The quantitative estimate of drug-likeness (QED) is 0.838. The zero-order chi connectivity index (χ0) is 15.5. The highest BCUT2D eigenvalue weighted by Gasteiger charge is 2.24. The van der Waals surface area contributed by atoms with Crippen molar-refractivity contribution in [2.75, 3.05) is 19.6 Å². The summed E-state index contributed by atoms with van der Waals surface area (Å²) in [6.07, 6.45) is 1.85. The van der Waals surface area contributed by atoms with E-state index in [1.807, 2.05) is 19.3 Å². The van der Waals surface area contributed by atoms with Crippen LogP contribution in [0.2, 0.25) is 0 Å². The van der Waals surface area contributed by atoms with Crippen molar-refractivity contribution in [3.05, 3.63) is 47.5 Å². The fourth-order valence-corrected chi connectivity index (χ4v) is 2.61. The Kier molecular flexibility index (Phi) is 4.15. The van der Waals surface area contributed by atoms with Crippen molar-refractivity contribution in [1.82, 2.24) is 24.8 Å². The molecule has 116 valence electrons. The van der Waals surface area contributed by atoms with E-state index in [1.165, 1.54) is 12.1 Å². The van der Waals surface area contributed by atoms with Crippen LogP contribution in [0, 0.1) is 5.82 Å². The van der Waals surface area contributed by atoms with E-state index in [0.717, 1.165) is 17.8 Å². The van der Waals surface area contributed by atoms with Gasteiger partial charge in [-0.1, -0.05) is 17.3 Å². The van der Waals surface area contributed by atoms with Gasteiger partial charge in [0.1, 0.15) is 5.82 Å². The van der Waals surface area contributed by atoms with E-state index < -0.39 is 0 Å². The molecule has 1 aromatic heterocycles. The molecule has 1 saturated heterocycles. The van der Waals surface area contributed by atoms with E-state index in [9.17, 15) is 9.18 Å². The average Bonchev–Trinajstić information content (AvgIpc) is 2.87. The number of halogens is 1. The first-order chi connectivity index (χ1) is 10.6. The molecule has 0 saturated carbocycles. The summed E-state index contributed by atoms with van der Waals surface area (Å²) in [5.74, 6) is -0.217. The minimum Gasteiger partial charge on any atom is -0.336 e. The Morgan fingerprint density at radius 3 is 2.82 bits per heavy atom. The molecule has 22 heavy (non-hydrogen) atoms. The van der Waals surface area contributed by atoms with Crippen LogP contribution in [0.3, 0.4) is 0 Å². The third-order valence-electron chi connectivity index (χ3n) is 3.70. The van der Waals surface area contributed by atoms with Gasteiger partial charge in [0.25, 0.3) is 0 Å². The summed E-state index contributed by atoms with van der Waals surface area (Å²) in [6, 6.07) is 6.38. The maximum absolute atomic E-state index is 13.2. The summed E-state index contributed by atoms with van der Waals surface area (Å²) in [5.41, 5.74) is 1.67. The van der Waals surface area contributed by atoms with Gasteiger partial charge in [0.2, 0.25) is 5.91 Å². The number of hydrogen-bond donors (Lipinski definition) is 0. The van der Waals surface area contributed by atoms with Crippen LogP contribution in [0.25, 0.3) is 0 Å². The third-order valence-corrected chi connectivity index (χ3v) is 3.70. The second-order valence-corrected chi connectivity index (χ2v) is 5.54. The number of rotatable bonds is 4. The third kappa shape index (κ3) is 3.48. The summed E-state index contributed by atoms with van der Waals surface area (Å²) in [4.78, 5) is 16.1. The van der Waals surface area contributed by atoms with Crippen molar-refractivity contribution in [2.45, 2.75) is 13.1 Å². The first-order valence-corrected chi connectivity index (χ1v) is 7.20. The molecule has 0 atom stereocenters. The molecule has 0 spiro atoms. The van der Waals surface area contributed by atoms with Crippen LogP contribution < -0.4 is 0 Å². The molecule has 0 radical (unpaired) electrons. The number of piperazine rings is 1. The van der Waals surface area contributed by atoms with Crippen LogP contribution in [-0.4, -0.2) is 50.3 Å². The summed E-state index contributed by atoms with van der Waals surface area (Å²) < 4.78 is 14.8. The highest BCUT2D eigenvalue weighted by Crippen LogP contribution is 2.12. The number of benzene rings is 1. The monoisotopic (exact) mass is 303 g/mol. The molecule has 3 rings (SSSR count). The largest absolute Gasteiger partial charge is 0.336 e. The molecule has 2 aromatic rings. The first-order valence-electron chi connectivity index (χ1n) is 7.20. The Bertz CT molecular complexity index is 671. The number of carbonyl (C=O) groups excluding carboxylic acids is 1. The summed E-state index contributed by atoms with van der Waals surface area (Å²) in [6.45, 7) is 2.84. The molecule has 1 amide bonds. The maximum Gasteiger partial charge on any atom is 0.237 e. The minimum absolute atomic E-state index is 0.0550. The molecule has 2 heterocycles. The Labute approximate surface area is 128 Å². The highest BCUT2D eigenvalue weighted by atomic mass is 19.1. The second kappa shape index (κ2) is 6.23. The lowest BCUT2D eigenvalue weighted by atomic mass is 10.2. The molecule has 1 fully saturated rings. The molecule has 1 aliphatic heterocycles. The SMILES string of the molecule is Cn1cc(CN2CCN(Cc3cccc(F)c3)C(=O)C2)nn1. The molecule has 6 nitrogen and oxygen atoms in total. The first kappa shape index (κ1) is 14.6. The van der Waals surface area contributed by atoms with Crippen molar-refractivity contribution in [2.24, 2.45) is 7.05 Å². The molecule has 1 aromatic carbocycles. The predicted molar refractivity (Wildman–Crippen MR) is 78.1 cm³/mol. The fourth-order valence-electron chi connectivity index (χ4n) is 2.61. The van der Waals surface area contributed by atoms with E-state index in [-0.39, 0.29) is 11.7 Å².